The molecule has 0 saturated carbocycles. The first-order valence-electron chi connectivity index (χ1n) is 7.56. The Morgan fingerprint density at radius 3 is 2.83 bits per heavy atom. The van der Waals surface area contributed by atoms with Gasteiger partial charge in [-0.25, -0.2) is 4.98 Å². The van der Waals surface area contributed by atoms with Gasteiger partial charge in [0.2, 0.25) is 5.91 Å². The predicted molar refractivity (Wildman–Crippen MR) is 87.3 cm³/mol. The summed E-state index contributed by atoms with van der Waals surface area (Å²) < 4.78 is 5.22. The summed E-state index contributed by atoms with van der Waals surface area (Å²) in [4.78, 5) is 20.3. The van der Waals surface area contributed by atoms with E-state index >= 15 is 0 Å². The summed E-state index contributed by atoms with van der Waals surface area (Å²) >= 11 is 1.41. The summed E-state index contributed by atoms with van der Waals surface area (Å²) in [5.41, 5.74) is 0. The Kier molecular flexibility index (Phi) is 5.39. The lowest BCUT2D eigenvalue weighted by Gasteiger charge is -2.34. The highest BCUT2D eigenvalue weighted by Gasteiger charge is 2.22. The van der Waals surface area contributed by atoms with E-state index in [4.69, 9.17) is 4.42 Å². The molecule has 2 aromatic heterocycles. The first-order valence-corrected chi connectivity index (χ1v) is 8.44. The van der Waals surface area contributed by atoms with Gasteiger partial charge < -0.3 is 14.8 Å². The van der Waals surface area contributed by atoms with Crippen LogP contribution in [0.1, 0.15) is 11.9 Å². The molecule has 23 heavy (non-hydrogen) atoms. The average Bonchev–Trinajstić information content (AvgIpc) is 3.22. The van der Waals surface area contributed by atoms with Gasteiger partial charge in [0.25, 0.3) is 0 Å². The molecule has 1 saturated heterocycles. The second kappa shape index (κ2) is 7.69. The number of piperazine rings is 1. The zero-order chi connectivity index (χ0) is 16.1. The molecule has 8 heteroatoms. The summed E-state index contributed by atoms with van der Waals surface area (Å²) in [5, 5.41) is 15.4. The fourth-order valence-electron chi connectivity index (χ4n) is 2.59. The van der Waals surface area contributed by atoms with E-state index in [2.05, 4.69) is 20.1 Å². The number of thiazole rings is 1. The number of anilines is 1. The van der Waals surface area contributed by atoms with Gasteiger partial charge in [-0.05, 0) is 12.1 Å². The minimum absolute atomic E-state index is 0.0379. The molecule has 1 amide bonds. The molecule has 1 atom stereocenters. The molecule has 1 fully saturated rings. The molecule has 0 spiro atoms. The van der Waals surface area contributed by atoms with Crippen molar-refractivity contribution < 1.29 is 14.3 Å². The van der Waals surface area contributed by atoms with Crippen LogP contribution in [-0.2, 0) is 4.79 Å². The smallest absolute Gasteiger partial charge is 0.240 e. The molecule has 3 rings (SSSR count). The van der Waals surface area contributed by atoms with Gasteiger partial charge in [0, 0.05) is 44.3 Å². The molecule has 124 valence electrons. The summed E-state index contributed by atoms with van der Waals surface area (Å²) in [6.07, 6.45) is 2.63. The number of aromatic nitrogens is 1. The number of nitrogens with zero attached hydrogens (tertiary/aromatic N) is 3. The van der Waals surface area contributed by atoms with Crippen LogP contribution in [0.25, 0.3) is 0 Å². The van der Waals surface area contributed by atoms with Crippen molar-refractivity contribution in [3.8, 4) is 0 Å². The van der Waals surface area contributed by atoms with E-state index in [1.807, 2.05) is 5.38 Å². The van der Waals surface area contributed by atoms with Crippen LogP contribution in [0.15, 0.2) is 34.4 Å². The number of carbonyl (C=O) groups excluding carboxylic acids is 1. The summed E-state index contributed by atoms with van der Waals surface area (Å²) in [6, 6.07) is 3.56. The highest BCUT2D eigenvalue weighted by atomic mass is 32.1. The number of nitrogens with one attached hydrogen (secondary N) is 1. The third-order valence-corrected chi connectivity index (χ3v) is 4.50. The molecule has 0 bridgehead atoms. The SMILES string of the molecule is O=C(CN1CCN(C[C@H](O)c2ccco2)CC1)Nc1nccs1. The number of aliphatic hydroxyl groups is 1. The third-order valence-electron chi connectivity index (χ3n) is 3.81. The van der Waals surface area contributed by atoms with Gasteiger partial charge in [-0.15, -0.1) is 11.3 Å². The van der Waals surface area contributed by atoms with Gasteiger partial charge in [0.05, 0.1) is 12.8 Å². The second-order valence-corrected chi connectivity index (χ2v) is 6.39. The number of furan rings is 1. The minimum atomic E-state index is -0.607. The number of rotatable bonds is 6. The number of β-amino-alcohol motifs (C(OH)–C–C–N with tert-alkyl or cyclic N) is 1. The largest absolute Gasteiger partial charge is 0.467 e. The highest BCUT2D eigenvalue weighted by molar-refractivity contribution is 7.13. The Morgan fingerprint density at radius 1 is 1.39 bits per heavy atom. The molecule has 2 aromatic rings. The Hall–Kier alpha value is -1.74. The molecule has 1 aliphatic rings. The summed E-state index contributed by atoms with van der Waals surface area (Å²) in [7, 11) is 0. The van der Waals surface area contributed by atoms with Crippen LogP contribution in [0.2, 0.25) is 0 Å². The Morgan fingerprint density at radius 2 is 2.17 bits per heavy atom. The minimum Gasteiger partial charge on any atom is -0.467 e. The van der Waals surface area contributed by atoms with Crippen LogP contribution in [0.4, 0.5) is 5.13 Å². The van der Waals surface area contributed by atoms with Gasteiger partial charge in [0.15, 0.2) is 5.13 Å². The van der Waals surface area contributed by atoms with Crippen molar-refractivity contribution in [3.63, 3.8) is 0 Å². The van der Waals surface area contributed by atoms with Crippen LogP contribution in [0, 0.1) is 0 Å². The standard InChI is InChI=1S/C15H20N4O3S/c20-12(13-2-1-8-22-13)10-18-4-6-19(7-5-18)11-14(21)17-15-16-3-9-23-15/h1-3,8-9,12,20H,4-7,10-11H2,(H,16,17,21)/t12-/m0/s1. The fourth-order valence-corrected chi connectivity index (χ4v) is 3.14. The first-order chi connectivity index (χ1) is 11.2. The van der Waals surface area contributed by atoms with Gasteiger partial charge in [0.1, 0.15) is 11.9 Å². The van der Waals surface area contributed by atoms with E-state index < -0.39 is 6.10 Å². The van der Waals surface area contributed by atoms with Crippen molar-refractivity contribution in [1.29, 1.82) is 0 Å². The van der Waals surface area contributed by atoms with Crippen LogP contribution in [0.5, 0.6) is 0 Å². The van der Waals surface area contributed by atoms with Crippen molar-refractivity contribution in [2.45, 2.75) is 6.10 Å². The highest BCUT2D eigenvalue weighted by Crippen LogP contribution is 2.16. The maximum atomic E-state index is 11.9. The van der Waals surface area contributed by atoms with Crippen molar-refractivity contribution in [2.24, 2.45) is 0 Å². The molecule has 0 aromatic carbocycles. The van der Waals surface area contributed by atoms with Crippen LogP contribution in [0.3, 0.4) is 0 Å². The molecule has 7 nitrogen and oxygen atoms in total. The Balaban J connectivity index is 1.39. The van der Waals surface area contributed by atoms with Gasteiger partial charge >= 0.3 is 0 Å². The lowest BCUT2D eigenvalue weighted by atomic mass is 10.2. The van der Waals surface area contributed by atoms with Gasteiger partial charge in [-0.3, -0.25) is 14.6 Å². The number of aliphatic hydroxyl groups excluding tert-OH is 1. The quantitative estimate of drug-likeness (QED) is 0.820. The van der Waals surface area contributed by atoms with Crippen molar-refractivity contribution >= 4 is 22.4 Å². The number of carbonyl (C=O) groups is 1. The van der Waals surface area contributed by atoms with Crippen molar-refractivity contribution in [1.82, 2.24) is 14.8 Å². The van der Waals surface area contributed by atoms with Crippen LogP contribution >= 0.6 is 11.3 Å². The topological polar surface area (TPSA) is 81.8 Å². The summed E-state index contributed by atoms with van der Waals surface area (Å²) in [6.45, 7) is 4.16. The molecular formula is C15H20N4O3S. The molecule has 1 aliphatic heterocycles. The van der Waals surface area contributed by atoms with Crippen molar-refractivity contribution in [2.75, 3.05) is 44.6 Å². The normalized spacial score (nSPS) is 18.0. The maximum Gasteiger partial charge on any atom is 0.240 e. The van der Waals surface area contributed by atoms with Crippen LogP contribution < -0.4 is 5.32 Å². The van der Waals surface area contributed by atoms with Crippen LogP contribution in [-0.4, -0.2) is 65.1 Å². The molecule has 0 aliphatic carbocycles. The van der Waals surface area contributed by atoms with Gasteiger partial charge in [-0.1, -0.05) is 0 Å². The lowest BCUT2D eigenvalue weighted by molar-refractivity contribution is -0.117. The third kappa shape index (κ3) is 4.61. The molecule has 2 N–H and O–H groups in total. The van der Waals surface area contributed by atoms with Crippen molar-refractivity contribution in [3.05, 3.63) is 35.7 Å². The Labute approximate surface area is 138 Å². The number of hydrogen-bond donors (Lipinski definition) is 2. The van der Waals surface area contributed by atoms with E-state index in [9.17, 15) is 9.90 Å². The van der Waals surface area contributed by atoms with Gasteiger partial charge in [-0.2, -0.15) is 0 Å². The molecule has 0 radical (unpaired) electrons. The monoisotopic (exact) mass is 336 g/mol. The Bertz CT molecular complexity index is 594. The predicted octanol–water partition coefficient (Wildman–Crippen LogP) is 1.03. The molecule has 0 unspecified atom stereocenters. The number of hydrogen-bond acceptors (Lipinski definition) is 7. The maximum absolute atomic E-state index is 11.9. The van der Waals surface area contributed by atoms with E-state index in [1.54, 1.807) is 24.6 Å². The zero-order valence-corrected chi connectivity index (χ0v) is 13.5. The second-order valence-electron chi connectivity index (χ2n) is 5.49. The first kappa shape index (κ1) is 16.1. The van der Waals surface area contributed by atoms with E-state index in [1.165, 1.54) is 11.3 Å². The van der Waals surface area contributed by atoms with E-state index in [-0.39, 0.29) is 5.91 Å². The summed E-state index contributed by atoms with van der Waals surface area (Å²) in [5.74, 6) is 0.555. The molecule has 3 heterocycles. The lowest BCUT2D eigenvalue weighted by Crippen LogP contribution is -2.49. The fraction of sp³-hybridized carbons (Fsp3) is 0.467. The molecular weight excluding hydrogens is 316 g/mol. The average molecular weight is 336 g/mol. The zero-order valence-electron chi connectivity index (χ0n) is 12.7. The van der Waals surface area contributed by atoms with E-state index in [0.29, 0.717) is 24.0 Å². The van der Waals surface area contributed by atoms with E-state index in [0.717, 1.165) is 26.2 Å². The number of amides is 1.